The standard InChI is InChI=1S/C14H21FN2/c1-10-5-13(2,3)9-14(16,6-10)11-4-12(15)8-17-7-11/h4,7-8,10H,5-6,9,16H2,1-3H3. The lowest BCUT2D eigenvalue weighted by molar-refractivity contribution is 0.107. The molecule has 1 aliphatic rings. The van der Waals surface area contributed by atoms with Gasteiger partial charge >= 0.3 is 0 Å². The number of aromatic nitrogens is 1. The maximum Gasteiger partial charge on any atom is 0.141 e. The van der Waals surface area contributed by atoms with Crippen molar-refractivity contribution in [1.29, 1.82) is 0 Å². The van der Waals surface area contributed by atoms with Crippen LogP contribution in [0.25, 0.3) is 0 Å². The maximum atomic E-state index is 13.3. The van der Waals surface area contributed by atoms with Crippen LogP contribution in [0, 0.1) is 17.2 Å². The van der Waals surface area contributed by atoms with Crippen LogP contribution < -0.4 is 5.73 Å². The van der Waals surface area contributed by atoms with Gasteiger partial charge in [-0.15, -0.1) is 0 Å². The monoisotopic (exact) mass is 236 g/mol. The number of nitrogens with two attached hydrogens (primary N) is 1. The smallest absolute Gasteiger partial charge is 0.141 e. The summed E-state index contributed by atoms with van der Waals surface area (Å²) in [5, 5.41) is 0. The molecule has 0 saturated heterocycles. The Bertz CT molecular complexity index is 416. The van der Waals surface area contributed by atoms with Crippen molar-refractivity contribution < 1.29 is 4.39 Å². The van der Waals surface area contributed by atoms with Crippen LogP contribution in [-0.4, -0.2) is 4.98 Å². The van der Waals surface area contributed by atoms with Crippen LogP contribution in [0.4, 0.5) is 4.39 Å². The summed E-state index contributed by atoms with van der Waals surface area (Å²) in [6.07, 6.45) is 5.90. The lowest BCUT2D eigenvalue weighted by Crippen LogP contribution is -2.46. The van der Waals surface area contributed by atoms with E-state index in [9.17, 15) is 4.39 Å². The Kier molecular flexibility index (Phi) is 2.98. The Hall–Kier alpha value is -0.960. The summed E-state index contributed by atoms with van der Waals surface area (Å²) < 4.78 is 13.3. The van der Waals surface area contributed by atoms with E-state index in [1.807, 2.05) is 0 Å². The molecule has 0 amide bonds. The highest BCUT2D eigenvalue weighted by atomic mass is 19.1. The van der Waals surface area contributed by atoms with Crippen LogP contribution in [0.1, 0.15) is 45.6 Å². The molecule has 2 N–H and O–H groups in total. The molecular weight excluding hydrogens is 215 g/mol. The normalized spacial score (nSPS) is 32.4. The van der Waals surface area contributed by atoms with Gasteiger partial charge in [-0.1, -0.05) is 20.8 Å². The second-order valence-electron chi connectivity index (χ2n) is 6.40. The summed E-state index contributed by atoms with van der Waals surface area (Å²) in [7, 11) is 0. The SMILES string of the molecule is CC1CC(C)(C)CC(N)(c2cncc(F)c2)C1. The number of hydrogen-bond donors (Lipinski definition) is 1. The zero-order valence-corrected chi connectivity index (χ0v) is 10.8. The third kappa shape index (κ3) is 2.65. The fourth-order valence-electron chi connectivity index (χ4n) is 3.54. The Labute approximate surface area is 102 Å². The zero-order valence-electron chi connectivity index (χ0n) is 10.8. The first-order valence-electron chi connectivity index (χ1n) is 6.21. The van der Waals surface area contributed by atoms with Crippen LogP contribution in [-0.2, 0) is 5.54 Å². The van der Waals surface area contributed by atoms with Gasteiger partial charge in [-0.05, 0) is 42.2 Å². The van der Waals surface area contributed by atoms with Gasteiger partial charge in [0.05, 0.1) is 6.20 Å². The molecule has 1 heterocycles. The molecule has 1 aromatic heterocycles. The highest BCUT2D eigenvalue weighted by Gasteiger charge is 2.41. The van der Waals surface area contributed by atoms with Crippen molar-refractivity contribution in [3.8, 4) is 0 Å². The van der Waals surface area contributed by atoms with Crippen molar-refractivity contribution >= 4 is 0 Å². The van der Waals surface area contributed by atoms with Gasteiger partial charge in [0.2, 0.25) is 0 Å². The van der Waals surface area contributed by atoms with Crippen molar-refractivity contribution in [1.82, 2.24) is 4.98 Å². The molecule has 0 aromatic carbocycles. The van der Waals surface area contributed by atoms with E-state index >= 15 is 0 Å². The minimum Gasteiger partial charge on any atom is -0.321 e. The number of nitrogens with zero attached hydrogens (tertiary/aromatic N) is 1. The van der Waals surface area contributed by atoms with E-state index in [2.05, 4.69) is 25.8 Å². The van der Waals surface area contributed by atoms with E-state index in [0.717, 1.165) is 18.4 Å². The number of pyridine rings is 1. The molecule has 2 rings (SSSR count). The average molecular weight is 236 g/mol. The van der Waals surface area contributed by atoms with Crippen molar-refractivity contribution in [3.05, 3.63) is 29.8 Å². The van der Waals surface area contributed by atoms with E-state index < -0.39 is 5.54 Å². The molecule has 0 bridgehead atoms. The van der Waals surface area contributed by atoms with Crippen LogP contribution in [0.15, 0.2) is 18.5 Å². The van der Waals surface area contributed by atoms with E-state index in [1.54, 1.807) is 6.20 Å². The Morgan fingerprint density at radius 1 is 1.35 bits per heavy atom. The van der Waals surface area contributed by atoms with Crippen molar-refractivity contribution in [2.24, 2.45) is 17.1 Å². The third-order valence-corrected chi connectivity index (χ3v) is 3.69. The van der Waals surface area contributed by atoms with Crippen molar-refractivity contribution in [2.45, 2.75) is 45.6 Å². The summed E-state index contributed by atoms with van der Waals surface area (Å²) in [4.78, 5) is 3.92. The number of rotatable bonds is 1. The van der Waals surface area contributed by atoms with Gasteiger partial charge in [0.15, 0.2) is 0 Å². The van der Waals surface area contributed by atoms with E-state index in [-0.39, 0.29) is 11.2 Å². The second kappa shape index (κ2) is 4.05. The first-order chi connectivity index (χ1) is 7.81. The topological polar surface area (TPSA) is 38.9 Å². The second-order valence-corrected chi connectivity index (χ2v) is 6.40. The molecule has 2 atom stereocenters. The predicted molar refractivity (Wildman–Crippen MR) is 66.9 cm³/mol. The summed E-state index contributed by atoms with van der Waals surface area (Å²) in [5.41, 5.74) is 7.11. The van der Waals surface area contributed by atoms with Gasteiger partial charge in [0, 0.05) is 11.7 Å². The van der Waals surface area contributed by atoms with Crippen LogP contribution in [0.5, 0.6) is 0 Å². The first-order valence-corrected chi connectivity index (χ1v) is 6.21. The Balaban J connectivity index is 2.35. The molecule has 0 spiro atoms. The molecule has 17 heavy (non-hydrogen) atoms. The molecule has 3 heteroatoms. The molecule has 1 aliphatic carbocycles. The average Bonchev–Trinajstić information content (AvgIpc) is 2.13. The molecule has 2 unspecified atom stereocenters. The molecule has 2 nitrogen and oxygen atoms in total. The lowest BCUT2D eigenvalue weighted by Gasteiger charge is -2.45. The highest BCUT2D eigenvalue weighted by molar-refractivity contribution is 5.22. The summed E-state index contributed by atoms with van der Waals surface area (Å²) in [6.45, 7) is 6.68. The first kappa shape index (κ1) is 12.5. The van der Waals surface area contributed by atoms with Gasteiger partial charge in [-0.3, -0.25) is 4.98 Å². The number of halogens is 1. The lowest BCUT2D eigenvalue weighted by atomic mass is 9.63. The quantitative estimate of drug-likeness (QED) is 0.813. The van der Waals surface area contributed by atoms with E-state index in [0.29, 0.717) is 5.92 Å². The van der Waals surface area contributed by atoms with E-state index in [4.69, 9.17) is 5.73 Å². The molecule has 1 aromatic rings. The number of hydrogen-bond acceptors (Lipinski definition) is 2. The molecule has 0 radical (unpaired) electrons. The zero-order chi connectivity index (χ0) is 12.7. The third-order valence-electron chi connectivity index (χ3n) is 3.69. The maximum absolute atomic E-state index is 13.3. The molecule has 1 fully saturated rings. The molecule has 1 saturated carbocycles. The molecule has 0 aliphatic heterocycles. The Morgan fingerprint density at radius 2 is 2.06 bits per heavy atom. The fraction of sp³-hybridized carbons (Fsp3) is 0.643. The van der Waals surface area contributed by atoms with E-state index in [1.165, 1.54) is 18.7 Å². The van der Waals surface area contributed by atoms with Crippen LogP contribution in [0.2, 0.25) is 0 Å². The van der Waals surface area contributed by atoms with Crippen molar-refractivity contribution in [2.75, 3.05) is 0 Å². The minimum atomic E-state index is -0.434. The summed E-state index contributed by atoms with van der Waals surface area (Å²) in [5.74, 6) is 0.260. The summed E-state index contributed by atoms with van der Waals surface area (Å²) >= 11 is 0. The fourth-order valence-corrected chi connectivity index (χ4v) is 3.54. The molecular formula is C14H21FN2. The van der Waals surface area contributed by atoms with Gasteiger partial charge in [-0.25, -0.2) is 4.39 Å². The molecule has 94 valence electrons. The largest absolute Gasteiger partial charge is 0.321 e. The van der Waals surface area contributed by atoms with Crippen molar-refractivity contribution in [3.63, 3.8) is 0 Å². The minimum absolute atomic E-state index is 0.207. The highest BCUT2D eigenvalue weighted by Crippen LogP contribution is 2.47. The predicted octanol–water partition coefficient (Wildman–Crippen LogP) is 3.22. The van der Waals surface area contributed by atoms with Gasteiger partial charge in [0.25, 0.3) is 0 Å². The summed E-state index contributed by atoms with van der Waals surface area (Å²) in [6, 6.07) is 1.53. The van der Waals surface area contributed by atoms with Crippen LogP contribution >= 0.6 is 0 Å². The Morgan fingerprint density at radius 3 is 2.65 bits per heavy atom. The van der Waals surface area contributed by atoms with Gasteiger partial charge in [0.1, 0.15) is 5.82 Å². The van der Waals surface area contributed by atoms with Crippen LogP contribution in [0.3, 0.4) is 0 Å². The van der Waals surface area contributed by atoms with Gasteiger partial charge in [-0.2, -0.15) is 0 Å². The van der Waals surface area contributed by atoms with Gasteiger partial charge < -0.3 is 5.73 Å².